The first-order valence-corrected chi connectivity index (χ1v) is 4.62. The topological polar surface area (TPSA) is 17.1 Å². The fraction of sp³-hybridized carbons (Fsp3) is 0.727. The summed E-state index contributed by atoms with van der Waals surface area (Å²) in [7, 11) is 0. The molecule has 1 fully saturated rings. The van der Waals surface area contributed by atoms with Gasteiger partial charge in [-0.2, -0.15) is 0 Å². The third-order valence-electron chi connectivity index (χ3n) is 2.85. The van der Waals surface area contributed by atoms with Crippen LogP contribution in [0.25, 0.3) is 0 Å². The van der Waals surface area contributed by atoms with E-state index >= 15 is 0 Å². The second-order valence-electron chi connectivity index (χ2n) is 3.78. The Hall–Kier alpha value is -0.770. The Kier molecular flexibility index (Phi) is 2.92. The Morgan fingerprint density at radius 1 is 1.50 bits per heavy atom. The molecule has 0 aliphatic heterocycles. The van der Waals surface area contributed by atoms with E-state index in [4.69, 9.17) is 0 Å². The summed E-state index contributed by atoms with van der Waals surface area (Å²) in [5.41, 5.74) is -0.0330. The van der Waals surface area contributed by atoms with Gasteiger partial charge in [-0.05, 0) is 26.7 Å². The molecule has 1 nitrogen and oxygen atoms in total. The summed E-state index contributed by atoms with van der Waals surface area (Å²) in [5, 5.41) is 0. The van der Waals surface area contributed by atoms with Crippen LogP contribution < -0.4 is 0 Å². The van der Waals surface area contributed by atoms with Gasteiger partial charge in [0.25, 0.3) is 0 Å². The van der Waals surface area contributed by atoms with Crippen molar-refractivity contribution in [2.24, 2.45) is 11.3 Å². The van der Waals surface area contributed by atoms with Gasteiger partial charge in [0.05, 0.1) is 0 Å². The van der Waals surface area contributed by atoms with E-state index in [2.05, 4.69) is 18.8 Å². The van der Waals surface area contributed by atoms with Crippen molar-refractivity contribution in [3.05, 3.63) is 0 Å². The molecule has 12 heavy (non-hydrogen) atoms. The highest BCUT2D eigenvalue weighted by atomic mass is 16.1. The van der Waals surface area contributed by atoms with Crippen LogP contribution in [-0.4, -0.2) is 6.29 Å². The molecule has 1 aliphatic carbocycles. The maximum Gasteiger partial charge on any atom is 0.124 e. The van der Waals surface area contributed by atoms with Crippen molar-refractivity contribution in [1.29, 1.82) is 0 Å². The highest BCUT2D eigenvalue weighted by Crippen LogP contribution is 2.39. The maximum atomic E-state index is 10.8. The van der Waals surface area contributed by atoms with Crippen molar-refractivity contribution in [1.82, 2.24) is 0 Å². The second-order valence-corrected chi connectivity index (χ2v) is 3.78. The van der Waals surface area contributed by atoms with Crippen LogP contribution in [0.5, 0.6) is 0 Å². The molecular formula is C11H16O. The molecule has 0 radical (unpaired) electrons. The molecule has 0 aromatic rings. The summed E-state index contributed by atoms with van der Waals surface area (Å²) in [4.78, 5) is 10.8. The third-order valence-corrected chi connectivity index (χ3v) is 2.85. The molecular weight excluding hydrogens is 148 g/mol. The highest BCUT2D eigenvalue weighted by molar-refractivity contribution is 5.56. The number of carbonyl (C=O) groups is 1. The van der Waals surface area contributed by atoms with Crippen molar-refractivity contribution in [2.45, 2.75) is 39.5 Å². The zero-order valence-electron chi connectivity index (χ0n) is 7.89. The Bertz CT molecular complexity index is 221. The summed E-state index contributed by atoms with van der Waals surface area (Å²) in [6.07, 6.45) is 5.59. The van der Waals surface area contributed by atoms with E-state index in [-0.39, 0.29) is 11.3 Å². The zero-order valence-corrected chi connectivity index (χ0v) is 7.89. The molecule has 1 aliphatic rings. The lowest BCUT2D eigenvalue weighted by atomic mass is 9.68. The zero-order chi connectivity index (χ0) is 9.03. The summed E-state index contributed by atoms with van der Waals surface area (Å²) in [6.45, 7) is 3.96. The van der Waals surface area contributed by atoms with Gasteiger partial charge in [-0.3, -0.25) is 0 Å². The summed E-state index contributed by atoms with van der Waals surface area (Å²) < 4.78 is 0. The van der Waals surface area contributed by atoms with Gasteiger partial charge in [0.15, 0.2) is 0 Å². The summed E-state index contributed by atoms with van der Waals surface area (Å²) in [6, 6.07) is 0. The van der Waals surface area contributed by atoms with E-state index in [1.54, 1.807) is 0 Å². The van der Waals surface area contributed by atoms with Gasteiger partial charge < -0.3 is 4.79 Å². The van der Waals surface area contributed by atoms with Crippen LogP contribution in [0.3, 0.4) is 0 Å². The molecule has 0 amide bonds. The lowest BCUT2D eigenvalue weighted by Gasteiger charge is -2.33. The largest absolute Gasteiger partial charge is 0.303 e. The Balaban J connectivity index is 2.79. The molecule has 2 atom stereocenters. The maximum absolute atomic E-state index is 10.8. The number of rotatable bonds is 1. The van der Waals surface area contributed by atoms with Gasteiger partial charge in [-0.15, -0.1) is 5.92 Å². The van der Waals surface area contributed by atoms with E-state index in [0.717, 1.165) is 19.1 Å². The number of aldehydes is 1. The smallest absolute Gasteiger partial charge is 0.124 e. The van der Waals surface area contributed by atoms with Crippen molar-refractivity contribution in [3.63, 3.8) is 0 Å². The van der Waals surface area contributed by atoms with Crippen molar-refractivity contribution < 1.29 is 4.79 Å². The molecule has 0 aromatic carbocycles. The second kappa shape index (κ2) is 3.76. The van der Waals surface area contributed by atoms with Gasteiger partial charge >= 0.3 is 0 Å². The van der Waals surface area contributed by atoms with Crippen LogP contribution in [-0.2, 0) is 4.79 Å². The third kappa shape index (κ3) is 1.69. The molecule has 1 rings (SSSR count). The van der Waals surface area contributed by atoms with Crippen LogP contribution in [0, 0.1) is 23.2 Å². The first-order valence-electron chi connectivity index (χ1n) is 4.62. The molecule has 0 saturated heterocycles. The quantitative estimate of drug-likeness (QED) is 0.429. The molecule has 0 N–H and O–H groups in total. The van der Waals surface area contributed by atoms with E-state index in [1.807, 2.05) is 6.92 Å². The van der Waals surface area contributed by atoms with E-state index in [0.29, 0.717) is 0 Å². The lowest BCUT2D eigenvalue weighted by molar-refractivity contribution is -0.114. The minimum Gasteiger partial charge on any atom is -0.303 e. The number of carbonyl (C=O) groups excluding carboxylic acids is 1. The minimum absolute atomic E-state index is 0.0330. The highest BCUT2D eigenvalue weighted by Gasteiger charge is 2.34. The molecule has 0 heterocycles. The van der Waals surface area contributed by atoms with Crippen LogP contribution in [0.2, 0.25) is 0 Å². The molecule has 0 spiro atoms. The first-order chi connectivity index (χ1) is 5.73. The fourth-order valence-corrected chi connectivity index (χ4v) is 2.02. The first kappa shape index (κ1) is 9.32. The van der Waals surface area contributed by atoms with Gasteiger partial charge in [0.1, 0.15) is 6.29 Å². The molecule has 1 saturated carbocycles. The predicted octanol–water partition coefficient (Wildman–Crippen LogP) is 2.41. The van der Waals surface area contributed by atoms with Crippen molar-refractivity contribution in [3.8, 4) is 11.8 Å². The predicted molar refractivity (Wildman–Crippen MR) is 49.6 cm³/mol. The van der Waals surface area contributed by atoms with Crippen LogP contribution in [0.15, 0.2) is 0 Å². The number of hydrogen-bond donors (Lipinski definition) is 0. The Morgan fingerprint density at radius 2 is 2.25 bits per heavy atom. The Labute approximate surface area is 74.5 Å². The van der Waals surface area contributed by atoms with Crippen LogP contribution in [0.1, 0.15) is 39.5 Å². The molecule has 0 aromatic heterocycles. The normalized spacial score (nSPS) is 35.0. The van der Waals surface area contributed by atoms with Crippen LogP contribution in [0.4, 0.5) is 0 Å². The van der Waals surface area contributed by atoms with E-state index in [9.17, 15) is 4.79 Å². The van der Waals surface area contributed by atoms with Crippen molar-refractivity contribution >= 4 is 6.29 Å². The van der Waals surface area contributed by atoms with Gasteiger partial charge in [-0.25, -0.2) is 0 Å². The van der Waals surface area contributed by atoms with Crippen LogP contribution >= 0.6 is 0 Å². The molecule has 66 valence electrons. The number of hydrogen-bond acceptors (Lipinski definition) is 1. The average Bonchev–Trinajstić information content (AvgIpc) is 2.05. The molecule has 0 unspecified atom stereocenters. The lowest BCUT2D eigenvalue weighted by Crippen LogP contribution is -2.30. The van der Waals surface area contributed by atoms with Gasteiger partial charge in [-0.1, -0.05) is 18.8 Å². The minimum atomic E-state index is -0.0330. The molecule has 1 heteroatoms. The van der Waals surface area contributed by atoms with Gasteiger partial charge in [0.2, 0.25) is 0 Å². The monoisotopic (exact) mass is 164 g/mol. The molecule has 0 bridgehead atoms. The standard InChI is InChI=1S/C11H16O/c1-3-7-11(2)8-5-4-6-10(11)9-12/h9-10H,4-6,8H2,1-2H3/t10-,11-/m1/s1. The van der Waals surface area contributed by atoms with E-state index in [1.165, 1.54) is 12.8 Å². The average molecular weight is 164 g/mol. The van der Waals surface area contributed by atoms with Crippen molar-refractivity contribution in [2.75, 3.05) is 0 Å². The fourth-order valence-electron chi connectivity index (χ4n) is 2.02. The summed E-state index contributed by atoms with van der Waals surface area (Å²) in [5.74, 6) is 6.28. The Morgan fingerprint density at radius 3 is 2.83 bits per heavy atom. The van der Waals surface area contributed by atoms with Gasteiger partial charge in [0, 0.05) is 11.3 Å². The summed E-state index contributed by atoms with van der Waals surface area (Å²) >= 11 is 0. The van der Waals surface area contributed by atoms with E-state index < -0.39 is 0 Å². The SMILES string of the molecule is CC#C[C@]1(C)CCCC[C@@H]1C=O.